The van der Waals surface area contributed by atoms with E-state index in [4.69, 9.17) is 4.74 Å². The van der Waals surface area contributed by atoms with E-state index in [-0.39, 0.29) is 11.6 Å². The third kappa shape index (κ3) is 3.16. The smallest absolute Gasteiger partial charge is 0.410 e. The second kappa shape index (κ2) is 4.72. The number of rotatable bonds is 0. The summed E-state index contributed by atoms with van der Waals surface area (Å²) < 4.78 is 5.47. The van der Waals surface area contributed by atoms with Gasteiger partial charge < -0.3 is 15.0 Å². The van der Waals surface area contributed by atoms with Crippen molar-refractivity contribution in [1.29, 1.82) is 0 Å². The van der Waals surface area contributed by atoms with Crippen molar-refractivity contribution in [2.75, 3.05) is 19.6 Å². The van der Waals surface area contributed by atoms with Crippen LogP contribution in [0.3, 0.4) is 0 Å². The molecule has 2 aliphatic rings. The van der Waals surface area contributed by atoms with Crippen molar-refractivity contribution in [1.82, 2.24) is 10.2 Å². The van der Waals surface area contributed by atoms with Crippen LogP contribution in [0.1, 0.15) is 47.0 Å². The fraction of sp³-hybridized carbons (Fsp3) is 0.929. The van der Waals surface area contributed by atoms with Gasteiger partial charge in [0.15, 0.2) is 0 Å². The summed E-state index contributed by atoms with van der Waals surface area (Å²) in [7, 11) is 0. The zero-order chi connectivity index (χ0) is 13.4. The molecule has 2 atom stereocenters. The molecule has 4 heteroatoms. The highest BCUT2D eigenvalue weighted by Gasteiger charge is 2.42. The quantitative estimate of drug-likeness (QED) is 0.721. The molecule has 0 radical (unpaired) electrons. The minimum atomic E-state index is -0.405. The van der Waals surface area contributed by atoms with Crippen LogP contribution >= 0.6 is 0 Å². The van der Waals surface area contributed by atoms with Gasteiger partial charge in [-0.15, -0.1) is 0 Å². The molecule has 4 nitrogen and oxygen atoms in total. The Morgan fingerprint density at radius 2 is 2.17 bits per heavy atom. The zero-order valence-corrected chi connectivity index (χ0v) is 12.1. The van der Waals surface area contributed by atoms with Gasteiger partial charge in [0.25, 0.3) is 0 Å². The van der Waals surface area contributed by atoms with Crippen molar-refractivity contribution in [3.63, 3.8) is 0 Å². The first-order valence-corrected chi connectivity index (χ1v) is 7.03. The Bertz CT molecular complexity index is 320. The normalized spacial score (nSPS) is 32.9. The second-order valence-corrected chi connectivity index (χ2v) is 6.98. The molecule has 2 rings (SSSR count). The molecule has 2 unspecified atom stereocenters. The lowest BCUT2D eigenvalue weighted by Crippen LogP contribution is -2.55. The Morgan fingerprint density at radius 3 is 2.72 bits per heavy atom. The summed E-state index contributed by atoms with van der Waals surface area (Å²) in [5.41, 5.74) is -0.257. The van der Waals surface area contributed by atoms with Crippen molar-refractivity contribution in [3.05, 3.63) is 0 Å². The molecule has 0 aromatic heterocycles. The highest BCUT2D eigenvalue weighted by atomic mass is 16.6. The number of amides is 1. The molecule has 2 saturated heterocycles. The fourth-order valence-corrected chi connectivity index (χ4v) is 3.13. The molecule has 104 valence electrons. The summed E-state index contributed by atoms with van der Waals surface area (Å²) in [4.78, 5) is 14.0. The van der Waals surface area contributed by atoms with Crippen LogP contribution in [0.5, 0.6) is 0 Å². The number of likely N-dealkylation sites (tertiary alicyclic amines) is 1. The monoisotopic (exact) mass is 254 g/mol. The Morgan fingerprint density at radius 1 is 1.44 bits per heavy atom. The molecule has 1 amide bonds. The van der Waals surface area contributed by atoms with E-state index in [9.17, 15) is 4.79 Å². The minimum absolute atomic E-state index is 0.147. The zero-order valence-electron chi connectivity index (χ0n) is 12.1. The van der Waals surface area contributed by atoms with Crippen molar-refractivity contribution in [3.8, 4) is 0 Å². The molecule has 2 heterocycles. The third-order valence-corrected chi connectivity index (χ3v) is 3.79. The highest BCUT2D eigenvalue weighted by molar-refractivity contribution is 5.68. The van der Waals surface area contributed by atoms with E-state index in [0.717, 1.165) is 26.1 Å². The first-order valence-electron chi connectivity index (χ1n) is 7.03. The predicted molar refractivity (Wildman–Crippen MR) is 71.6 cm³/mol. The standard InChI is InChI=1S/C14H26N2O2/c1-11-8-14(15-9-11)6-5-7-16(10-14)12(17)18-13(2,3)4/h11,15H,5-10H2,1-4H3. The lowest BCUT2D eigenvalue weighted by molar-refractivity contribution is 0.0122. The van der Waals surface area contributed by atoms with Crippen LogP contribution in [0.2, 0.25) is 0 Å². The first kappa shape index (κ1) is 13.7. The molecule has 18 heavy (non-hydrogen) atoms. The van der Waals surface area contributed by atoms with Gasteiger partial charge in [0.1, 0.15) is 5.60 Å². The summed E-state index contributed by atoms with van der Waals surface area (Å²) in [6.45, 7) is 10.7. The molecular weight excluding hydrogens is 228 g/mol. The van der Waals surface area contributed by atoms with Gasteiger partial charge in [-0.2, -0.15) is 0 Å². The van der Waals surface area contributed by atoms with E-state index < -0.39 is 5.60 Å². The predicted octanol–water partition coefficient (Wildman–Crippen LogP) is 2.39. The molecular formula is C14H26N2O2. The Balaban J connectivity index is 1.97. The largest absolute Gasteiger partial charge is 0.444 e. The average molecular weight is 254 g/mol. The Kier molecular flexibility index (Phi) is 3.58. The number of nitrogens with one attached hydrogen (secondary N) is 1. The van der Waals surface area contributed by atoms with Crippen LogP contribution in [0.25, 0.3) is 0 Å². The van der Waals surface area contributed by atoms with Gasteiger partial charge in [-0.3, -0.25) is 0 Å². The van der Waals surface area contributed by atoms with Crippen LogP contribution in [-0.2, 0) is 4.74 Å². The molecule has 2 fully saturated rings. The van der Waals surface area contributed by atoms with Gasteiger partial charge in [0.05, 0.1) is 0 Å². The SMILES string of the molecule is CC1CNC2(CCCN(C(=O)OC(C)(C)C)C2)C1. The summed E-state index contributed by atoms with van der Waals surface area (Å²) in [6.07, 6.45) is 3.25. The topological polar surface area (TPSA) is 41.6 Å². The summed E-state index contributed by atoms with van der Waals surface area (Å²) in [5.74, 6) is 0.712. The summed E-state index contributed by atoms with van der Waals surface area (Å²) >= 11 is 0. The van der Waals surface area contributed by atoms with E-state index in [1.54, 1.807) is 0 Å². The molecule has 0 aliphatic carbocycles. The Labute approximate surface area is 110 Å². The van der Waals surface area contributed by atoms with Crippen molar-refractivity contribution < 1.29 is 9.53 Å². The van der Waals surface area contributed by atoms with Gasteiger partial charge in [-0.1, -0.05) is 6.92 Å². The maximum atomic E-state index is 12.1. The minimum Gasteiger partial charge on any atom is -0.444 e. The van der Waals surface area contributed by atoms with Gasteiger partial charge in [-0.05, 0) is 52.5 Å². The van der Waals surface area contributed by atoms with E-state index in [0.29, 0.717) is 5.92 Å². The summed E-state index contributed by atoms with van der Waals surface area (Å²) in [5, 5.41) is 3.62. The van der Waals surface area contributed by atoms with Crippen molar-refractivity contribution in [2.24, 2.45) is 5.92 Å². The van der Waals surface area contributed by atoms with Gasteiger partial charge in [0, 0.05) is 18.6 Å². The first-order chi connectivity index (χ1) is 8.30. The Hall–Kier alpha value is -0.770. The van der Waals surface area contributed by atoms with Crippen molar-refractivity contribution in [2.45, 2.75) is 58.1 Å². The number of piperidine rings is 1. The van der Waals surface area contributed by atoms with Crippen LogP contribution in [0.15, 0.2) is 0 Å². The lowest BCUT2D eigenvalue weighted by Gasteiger charge is -2.41. The number of carbonyl (C=O) groups excluding carboxylic acids is 1. The van der Waals surface area contributed by atoms with E-state index in [2.05, 4.69) is 12.2 Å². The van der Waals surface area contributed by atoms with Crippen molar-refractivity contribution >= 4 is 6.09 Å². The van der Waals surface area contributed by atoms with Crippen LogP contribution in [0.4, 0.5) is 4.79 Å². The molecule has 1 spiro atoms. The molecule has 0 aromatic carbocycles. The maximum Gasteiger partial charge on any atom is 0.410 e. The van der Waals surface area contributed by atoms with Gasteiger partial charge in [0.2, 0.25) is 0 Å². The third-order valence-electron chi connectivity index (χ3n) is 3.79. The molecule has 0 bridgehead atoms. The van der Waals surface area contributed by atoms with E-state index in [1.165, 1.54) is 12.8 Å². The second-order valence-electron chi connectivity index (χ2n) is 6.98. The fourth-order valence-electron chi connectivity index (χ4n) is 3.13. The average Bonchev–Trinajstić information content (AvgIpc) is 2.57. The molecule has 1 N–H and O–H groups in total. The van der Waals surface area contributed by atoms with Gasteiger partial charge >= 0.3 is 6.09 Å². The lowest BCUT2D eigenvalue weighted by atomic mass is 9.85. The molecule has 0 aromatic rings. The van der Waals surface area contributed by atoms with E-state index in [1.807, 2.05) is 25.7 Å². The number of nitrogens with zero attached hydrogens (tertiary/aromatic N) is 1. The molecule has 2 aliphatic heterocycles. The summed E-state index contributed by atoms with van der Waals surface area (Å²) in [6, 6.07) is 0. The number of hydrogen-bond donors (Lipinski definition) is 1. The van der Waals surface area contributed by atoms with Gasteiger partial charge in [-0.25, -0.2) is 4.79 Å². The van der Waals surface area contributed by atoms with Crippen LogP contribution in [0, 0.1) is 5.92 Å². The van der Waals surface area contributed by atoms with E-state index >= 15 is 0 Å². The number of ether oxygens (including phenoxy) is 1. The number of hydrogen-bond acceptors (Lipinski definition) is 3. The number of carbonyl (C=O) groups is 1. The maximum absolute atomic E-state index is 12.1. The van der Waals surface area contributed by atoms with Crippen LogP contribution in [-0.4, -0.2) is 41.8 Å². The molecule has 0 saturated carbocycles. The van der Waals surface area contributed by atoms with Crippen LogP contribution < -0.4 is 5.32 Å². The highest BCUT2D eigenvalue weighted by Crippen LogP contribution is 2.32.